The van der Waals surface area contributed by atoms with Crippen LogP contribution in [-0.4, -0.2) is 32.4 Å². The van der Waals surface area contributed by atoms with Crippen molar-refractivity contribution in [2.24, 2.45) is 0 Å². The zero-order chi connectivity index (χ0) is 14.9. The van der Waals surface area contributed by atoms with E-state index in [9.17, 15) is 0 Å². The Morgan fingerprint density at radius 3 is 2.62 bits per heavy atom. The molecule has 0 spiro atoms. The van der Waals surface area contributed by atoms with Gasteiger partial charge in [-0.05, 0) is 37.0 Å². The Kier molecular flexibility index (Phi) is 7.51. The summed E-state index contributed by atoms with van der Waals surface area (Å²) >= 11 is 5.95. The smallest absolute Gasteiger partial charge is 0.0950 e. The fourth-order valence-electron chi connectivity index (χ4n) is 2.11. The van der Waals surface area contributed by atoms with Crippen LogP contribution in [-0.2, 0) is 9.47 Å². The van der Waals surface area contributed by atoms with Crippen LogP contribution in [0.25, 0.3) is 0 Å². The maximum Gasteiger partial charge on any atom is 0.0950 e. The van der Waals surface area contributed by atoms with Crippen molar-refractivity contribution in [2.45, 2.75) is 44.8 Å². The van der Waals surface area contributed by atoms with Gasteiger partial charge in [0, 0.05) is 24.2 Å². The molecule has 0 bridgehead atoms. The van der Waals surface area contributed by atoms with E-state index in [0.717, 1.165) is 24.6 Å². The second kappa shape index (κ2) is 9.42. The minimum Gasteiger partial charge on any atom is -0.379 e. The third kappa shape index (κ3) is 6.79. The first-order valence-electron chi connectivity index (χ1n) is 7.97. The van der Waals surface area contributed by atoms with Crippen LogP contribution < -0.4 is 5.32 Å². The van der Waals surface area contributed by atoms with E-state index < -0.39 is 0 Å². The number of hydrogen-bond acceptors (Lipinski definition) is 3. The van der Waals surface area contributed by atoms with Crippen molar-refractivity contribution in [1.29, 1.82) is 0 Å². The van der Waals surface area contributed by atoms with E-state index in [-0.39, 0.29) is 6.10 Å². The van der Waals surface area contributed by atoms with Gasteiger partial charge in [-0.25, -0.2) is 0 Å². The number of hydrogen-bond donors (Lipinski definition) is 1. The Bertz CT molecular complexity index is 392. The zero-order valence-electron chi connectivity index (χ0n) is 12.8. The quantitative estimate of drug-likeness (QED) is 0.627. The van der Waals surface area contributed by atoms with E-state index >= 15 is 0 Å². The van der Waals surface area contributed by atoms with Gasteiger partial charge in [0.25, 0.3) is 0 Å². The molecular formula is C17H26ClNO2. The van der Waals surface area contributed by atoms with Gasteiger partial charge in [-0.2, -0.15) is 0 Å². The lowest BCUT2D eigenvalue weighted by Gasteiger charge is -2.19. The fourth-order valence-corrected chi connectivity index (χ4v) is 2.24. The fraction of sp³-hybridized carbons (Fsp3) is 0.647. The molecule has 0 heterocycles. The van der Waals surface area contributed by atoms with Crippen molar-refractivity contribution in [3.63, 3.8) is 0 Å². The molecule has 1 atom stereocenters. The second-order valence-electron chi connectivity index (χ2n) is 5.56. The van der Waals surface area contributed by atoms with Crippen molar-refractivity contribution < 1.29 is 9.47 Å². The SMILES string of the molecule is CCCCOCCOC(CNC1CC1)c1ccc(Cl)cc1. The molecule has 0 aromatic heterocycles. The predicted molar refractivity (Wildman–Crippen MR) is 86.9 cm³/mol. The van der Waals surface area contributed by atoms with Crippen molar-refractivity contribution in [2.75, 3.05) is 26.4 Å². The molecule has 118 valence electrons. The molecule has 1 aliphatic rings. The van der Waals surface area contributed by atoms with E-state index in [1.54, 1.807) is 0 Å². The van der Waals surface area contributed by atoms with Gasteiger partial charge in [-0.1, -0.05) is 37.1 Å². The highest BCUT2D eigenvalue weighted by atomic mass is 35.5. The molecular weight excluding hydrogens is 286 g/mol. The van der Waals surface area contributed by atoms with Crippen LogP contribution in [0.15, 0.2) is 24.3 Å². The van der Waals surface area contributed by atoms with Gasteiger partial charge in [0.1, 0.15) is 0 Å². The Morgan fingerprint density at radius 1 is 1.19 bits per heavy atom. The first-order valence-corrected chi connectivity index (χ1v) is 8.35. The van der Waals surface area contributed by atoms with Crippen LogP contribution in [0.1, 0.15) is 44.3 Å². The average Bonchev–Trinajstić information content (AvgIpc) is 3.31. The summed E-state index contributed by atoms with van der Waals surface area (Å²) in [6.07, 6.45) is 4.92. The third-order valence-corrected chi connectivity index (χ3v) is 3.85. The summed E-state index contributed by atoms with van der Waals surface area (Å²) in [6, 6.07) is 8.60. The standard InChI is InChI=1S/C17H26ClNO2/c1-2-3-10-20-11-12-21-17(13-19-16-8-9-16)14-4-6-15(18)7-5-14/h4-7,16-17,19H,2-3,8-13H2,1H3. The number of benzene rings is 1. The molecule has 1 aromatic carbocycles. The van der Waals surface area contributed by atoms with E-state index in [1.165, 1.54) is 24.8 Å². The minimum absolute atomic E-state index is 0.0673. The van der Waals surface area contributed by atoms with Crippen molar-refractivity contribution in [1.82, 2.24) is 5.32 Å². The molecule has 0 amide bonds. The van der Waals surface area contributed by atoms with Crippen molar-refractivity contribution in [3.8, 4) is 0 Å². The van der Waals surface area contributed by atoms with Crippen molar-refractivity contribution >= 4 is 11.6 Å². The van der Waals surface area contributed by atoms with Gasteiger partial charge in [0.2, 0.25) is 0 Å². The predicted octanol–water partition coefficient (Wildman–Crippen LogP) is 3.97. The summed E-state index contributed by atoms with van der Waals surface area (Å²) in [5.41, 5.74) is 1.17. The summed E-state index contributed by atoms with van der Waals surface area (Å²) in [5.74, 6) is 0. The summed E-state index contributed by atoms with van der Waals surface area (Å²) in [4.78, 5) is 0. The lowest BCUT2D eigenvalue weighted by Crippen LogP contribution is -2.26. The van der Waals surface area contributed by atoms with Crippen LogP contribution in [0.5, 0.6) is 0 Å². The molecule has 2 rings (SSSR count). The summed E-state index contributed by atoms with van der Waals surface area (Å²) in [6.45, 7) is 5.13. The monoisotopic (exact) mass is 311 g/mol. The Morgan fingerprint density at radius 2 is 1.95 bits per heavy atom. The summed E-state index contributed by atoms with van der Waals surface area (Å²) < 4.78 is 11.5. The van der Waals surface area contributed by atoms with Crippen LogP contribution in [0.4, 0.5) is 0 Å². The van der Waals surface area contributed by atoms with Crippen LogP contribution in [0.3, 0.4) is 0 Å². The second-order valence-corrected chi connectivity index (χ2v) is 6.00. The first-order chi connectivity index (χ1) is 10.3. The topological polar surface area (TPSA) is 30.5 Å². The lowest BCUT2D eigenvalue weighted by atomic mass is 10.1. The van der Waals surface area contributed by atoms with Gasteiger partial charge in [-0.15, -0.1) is 0 Å². The zero-order valence-corrected chi connectivity index (χ0v) is 13.6. The summed E-state index contributed by atoms with van der Waals surface area (Å²) in [7, 11) is 0. The molecule has 1 fully saturated rings. The molecule has 4 heteroatoms. The van der Waals surface area contributed by atoms with Gasteiger partial charge < -0.3 is 14.8 Å². The number of halogens is 1. The largest absolute Gasteiger partial charge is 0.379 e. The van der Waals surface area contributed by atoms with Gasteiger partial charge in [-0.3, -0.25) is 0 Å². The van der Waals surface area contributed by atoms with Crippen molar-refractivity contribution in [3.05, 3.63) is 34.9 Å². The maximum absolute atomic E-state index is 6.00. The molecule has 1 aromatic rings. The highest BCUT2D eigenvalue weighted by Crippen LogP contribution is 2.23. The van der Waals surface area contributed by atoms with Crippen LogP contribution in [0, 0.1) is 0 Å². The molecule has 1 N–H and O–H groups in total. The number of ether oxygens (including phenoxy) is 2. The number of nitrogens with one attached hydrogen (secondary N) is 1. The Hall–Kier alpha value is -0.610. The van der Waals surface area contributed by atoms with Gasteiger partial charge in [0.15, 0.2) is 0 Å². The lowest BCUT2D eigenvalue weighted by molar-refractivity contribution is 0.00346. The van der Waals surface area contributed by atoms with Gasteiger partial charge >= 0.3 is 0 Å². The van der Waals surface area contributed by atoms with E-state index in [2.05, 4.69) is 12.2 Å². The van der Waals surface area contributed by atoms with E-state index in [0.29, 0.717) is 19.3 Å². The normalized spacial score (nSPS) is 16.1. The number of rotatable bonds is 11. The van der Waals surface area contributed by atoms with Crippen LogP contribution in [0.2, 0.25) is 5.02 Å². The average molecular weight is 312 g/mol. The molecule has 1 unspecified atom stereocenters. The molecule has 0 aliphatic heterocycles. The highest BCUT2D eigenvalue weighted by Gasteiger charge is 2.22. The first kappa shape index (κ1) is 16.8. The molecule has 0 saturated heterocycles. The molecule has 21 heavy (non-hydrogen) atoms. The van der Waals surface area contributed by atoms with E-state index in [1.807, 2.05) is 24.3 Å². The Balaban J connectivity index is 1.75. The molecule has 0 radical (unpaired) electrons. The summed E-state index contributed by atoms with van der Waals surface area (Å²) in [5, 5.41) is 4.29. The van der Waals surface area contributed by atoms with E-state index in [4.69, 9.17) is 21.1 Å². The minimum atomic E-state index is 0.0673. The Labute approximate surface area is 133 Å². The van der Waals surface area contributed by atoms with Crippen LogP contribution >= 0.6 is 11.6 Å². The highest BCUT2D eigenvalue weighted by molar-refractivity contribution is 6.30. The van der Waals surface area contributed by atoms with Gasteiger partial charge in [0.05, 0.1) is 19.3 Å². The maximum atomic E-state index is 6.00. The molecule has 3 nitrogen and oxygen atoms in total. The molecule has 1 saturated carbocycles. The number of unbranched alkanes of at least 4 members (excludes halogenated alkanes) is 1. The third-order valence-electron chi connectivity index (χ3n) is 3.60. The molecule has 1 aliphatic carbocycles.